The number of rotatable bonds is 5. The minimum Gasteiger partial charge on any atom is -0.313 e. The maximum atomic E-state index is 14.8. The van der Waals surface area contributed by atoms with Crippen molar-refractivity contribution < 1.29 is 9.18 Å². The van der Waals surface area contributed by atoms with Crippen LogP contribution in [-0.4, -0.2) is 23.9 Å². The lowest BCUT2D eigenvalue weighted by atomic mass is 9.94. The highest BCUT2D eigenvalue weighted by molar-refractivity contribution is 7.17. The van der Waals surface area contributed by atoms with E-state index in [2.05, 4.69) is 24.1 Å². The van der Waals surface area contributed by atoms with Crippen molar-refractivity contribution in [1.29, 1.82) is 0 Å². The number of hydrogen-bond donors (Lipinski definition) is 1. The van der Waals surface area contributed by atoms with Crippen molar-refractivity contribution in [2.24, 2.45) is 0 Å². The minimum atomic E-state index is -0.196. The van der Waals surface area contributed by atoms with Crippen LogP contribution in [0.5, 0.6) is 0 Å². The summed E-state index contributed by atoms with van der Waals surface area (Å²) in [4.78, 5) is 16.9. The number of hydrogen-bond acceptors (Lipinski definition) is 4. The number of halogens is 1. The molecule has 0 aliphatic carbocycles. The van der Waals surface area contributed by atoms with E-state index in [9.17, 15) is 9.18 Å². The first-order valence-electron chi connectivity index (χ1n) is 9.49. The zero-order valence-electron chi connectivity index (χ0n) is 16.0. The molecule has 0 bridgehead atoms. The van der Waals surface area contributed by atoms with Gasteiger partial charge in [-0.2, -0.15) is 0 Å². The Morgan fingerprint density at radius 2 is 1.89 bits per heavy atom. The average Bonchev–Trinajstić information content (AvgIpc) is 3.43. The van der Waals surface area contributed by atoms with Crippen LogP contribution < -0.4 is 5.32 Å². The van der Waals surface area contributed by atoms with Gasteiger partial charge in [0.05, 0.1) is 10.9 Å². The van der Waals surface area contributed by atoms with Gasteiger partial charge in [0.2, 0.25) is 0 Å². The van der Waals surface area contributed by atoms with Crippen molar-refractivity contribution in [2.45, 2.75) is 32.7 Å². The fourth-order valence-corrected chi connectivity index (χ4v) is 5.58. The first kappa shape index (κ1) is 19.3. The molecule has 6 heteroatoms. The Hall–Kier alpha value is -2.02. The fraction of sp³-hybridized carbons (Fsp3) is 0.318. The SMILES string of the molecule is Cc1sc(NC(=O)c2cccs2)c([C@H](c2ccccc2F)N2CCCC2)c1C. The van der Waals surface area contributed by atoms with Crippen LogP contribution in [-0.2, 0) is 0 Å². The Morgan fingerprint density at radius 3 is 2.57 bits per heavy atom. The quantitative estimate of drug-likeness (QED) is 0.555. The summed E-state index contributed by atoms with van der Waals surface area (Å²) in [7, 11) is 0. The first-order chi connectivity index (χ1) is 13.6. The summed E-state index contributed by atoms with van der Waals surface area (Å²) in [5.74, 6) is -0.301. The van der Waals surface area contributed by atoms with E-state index in [4.69, 9.17) is 0 Å². The Kier molecular flexibility index (Phi) is 5.62. The van der Waals surface area contributed by atoms with E-state index in [0.29, 0.717) is 10.4 Å². The molecule has 0 radical (unpaired) electrons. The summed E-state index contributed by atoms with van der Waals surface area (Å²) in [5.41, 5.74) is 2.84. The van der Waals surface area contributed by atoms with E-state index in [-0.39, 0.29) is 17.8 Å². The molecule has 0 spiro atoms. The predicted octanol–water partition coefficient (Wildman–Crippen LogP) is 6.00. The van der Waals surface area contributed by atoms with Gasteiger partial charge < -0.3 is 5.32 Å². The van der Waals surface area contributed by atoms with E-state index in [1.165, 1.54) is 17.4 Å². The van der Waals surface area contributed by atoms with Gasteiger partial charge in [0.25, 0.3) is 5.91 Å². The minimum absolute atomic E-state index is 0.105. The van der Waals surface area contributed by atoms with Crippen molar-refractivity contribution in [3.63, 3.8) is 0 Å². The summed E-state index contributed by atoms with van der Waals surface area (Å²) in [6.07, 6.45) is 2.23. The summed E-state index contributed by atoms with van der Waals surface area (Å²) < 4.78 is 14.8. The number of thiophene rings is 2. The summed E-state index contributed by atoms with van der Waals surface area (Å²) in [5, 5.41) is 5.83. The second kappa shape index (κ2) is 8.15. The van der Waals surface area contributed by atoms with Crippen molar-refractivity contribution in [3.8, 4) is 0 Å². The molecular weight excluding hydrogens is 391 g/mol. The molecule has 1 N–H and O–H groups in total. The van der Waals surface area contributed by atoms with E-state index in [1.54, 1.807) is 17.4 Å². The van der Waals surface area contributed by atoms with Crippen LogP contribution in [0.1, 0.15) is 50.1 Å². The predicted molar refractivity (Wildman–Crippen MR) is 115 cm³/mol. The Bertz CT molecular complexity index is 975. The monoisotopic (exact) mass is 414 g/mol. The average molecular weight is 415 g/mol. The second-order valence-electron chi connectivity index (χ2n) is 7.12. The number of nitrogens with one attached hydrogen (secondary N) is 1. The molecule has 146 valence electrons. The number of anilines is 1. The van der Waals surface area contributed by atoms with Gasteiger partial charge in [0, 0.05) is 16.0 Å². The van der Waals surface area contributed by atoms with Crippen molar-refractivity contribution in [1.82, 2.24) is 4.90 Å². The van der Waals surface area contributed by atoms with Gasteiger partial charge in [-0.15, -0.1) is 22.7 Å². The van der Waals surface area contributed by atoms with Crippen LogP contribution in [0.2, 0.25) is 0 Å². The molecule has 3 nitrogen and oxygen atoms in total. The molecule has 1 aliphatic rings. The van der Waals surface area contributed by atoms with Gasteiger partial charge in [-0.05, 0) is 62.9 Å². The molecule has 0 saturated carbocycles. The van der Waals surface area contributed by atoms with Crippen LogP contribution in [0.4, 0.5) is 9.39 Å². The lowest BCUT2D eigenvalue weighted by Gasteiger charge is -2.30. The largest absolute Gasteiger partial charge is 0.313 e. The summed E-state index contributed by atoms with van der Waals surface area (Å²) in [6, 6.07) is 10.5. The van der Waals surface area contributed by atoms with E-state index < -0.39 is 0 Å². The number of likely N-dealkylation sites (tertiary alicyclic amines) is 1. The van der Waals surface area contributed by atoms with Crippen LogP contribution in [0.3, 0.4) is 0 Å². The number of amides is 1. The van der Waals surface area contributed by atoms with E-state index >= 15 is 0 Å². The zero-order chi connectivity index (χ0) is 19.7. The number of carbonyl (C=O) groups excluding carboxylic acids is 1. The highest BCUT2D eigenvalue weighted by atomic mass is 32.1. The first-order valence-corrected chi connectivity index (χ1v) is 11.2. The maximum absolute atomic E-state index is 14.8. The highest BCUT2D eigenvalue weighted by Crippen LogP contribution is 2.43. The second-order valence-corrected chi connectivity index (χ2v) is 9.30. The molecule has 1 fully saturated rings. The Labute approximate surface area is 172 Å². The molecule has 1 aromatic carbocycles. The fourth-order valence-electron chi connectivity index (χ4n) is 3.87. The molecule has 1 aliphatic heterocycles. The maximum Gasteiger partial charge on any atom is 0.266 e. The molecule has 3 heterocycles. The molecule has 1 amide bonds. The summed E-state index contributed by atoms with van der Waals surface area (Å²) >= 11 is 3.00. The molecule has 2 aromatic heterocycles. The van der Waals surface area contributed by atoms with Gasteiger partial charge in [-0.1, -0.05) is 24.3 Å². The van der Waals surface area contributed by atoms with Gasteiger partial charge in [-0.25, -0.2) is 4.39 Å². The van der Waals surface area contributed by atoms with Crippen molar-refractivity contribution in [2.75, 3.05) is 18.4 Å². The number of carbonyl (C=O) groups is 1. The lowest BCUT2D eigenvalue weighted by Crippen LogP contribution is -2.28. The molecule has 4 rings (SSSR count). The zero-order valence-corrected chi connectivity index (χ0v) is 17.6. The molecule has 28 heavy (non-hydrogen) atoms. The number of nitrogens with zero attached hydrogens (tertiary/aromatic N) is 1. The summed E-state index contributed by atoms with van der Waals surface area (Å²) in [6.45, 7) is 6.01. The van der Waals surface area contributed by atoms with Crippen molar-refractivity contribution >= 4 is 33.6 Å². The van der Waals surface area contributed by atoms with Gasteiger partial charge in [-0.3, -0.25) is 9.69 Å². The van der Waals surface area contributed by atoms with E-state index in [0.717, 1.165) is 46.9 Å². The third-order valence-corrected chi connectivity index (χ3v) is 7.39. The molecule has 3 aromatic rings. The van der Waals surface area contributed by atoms with Crippen LogP contribution in [0, 0.1) is 19.7 Å². The molecule has 1 saturated heterocycles. The van der Waals surface area contributed by atoms with Crippen LogP contribution >= 0.6 is 22.7 Å². The van der Waals surface area contributed by atoms with Crippen LogP contribution in [0.25, 0.3) is 0 Å². The van der Waals surface area contributed by atoms with Gasteiger partial charge in [0.1, 0.15) is 10.8 Å². The van der Waals surface area contributed by atoms with Gasteiger partial charge >= 0.3 is 0 Å². The lowest BCUT2D eigenvalue weighted by molar-refractivity contribution is 0.103. The van der Waals surface area contributed by atoms with Crippen molar-refractivity contribution in [3.05, 3.63) is 74.0 Å². The highest BCUT2D eigenvalue weighted by Gasteiger charge is 2.32. The van der Waals surface area contributed by atoms with Gasteiger partial charge in [0.15, 0.2) is 0 Å². The number of aryl methyl sites for hydroxylation is 1. The topological polar surface area (TPSA) is 32.3 Å². The van der Waals surface area contributed by atoms with Crippen LogP contribution in [0.15, 0.2) is 41.8 Å². The molecule has 0 unspecified atom stereocenters. The normalized spacial score (nSPS) is 15.7. The smallest absolute Gasteiger partial charge is 0.266 e. The van der Waals surface area contributed by atoms with E-state index in [1.807, 2.05) is 29.6 Å². The number of benzene rings is 1. The Balaban J connectivity index is 1.80. The Morgan fingerprint density at radius 1 is 1.14 bits per heavy atom. The molecular formula is C22H23FN2OS2. The molecule has 1 atom stereocenters. The third kappa shape index (κ3) is 3.64. The third-order valence-electron chi connectivity index (χ3n) is 5.38. The standard InChI is InChI=1S/C22H23FN2OS2/c1-14-15(2)28-22(24-21(26)18-10-7-13-27-18)19(14)20(25-11-5-6-12-25)16-8-3-4-9-17(16)23/h3-4,7-10,13,20H,5-6,11-12H2,1-2H3,(H,24,26)/t20-/m0/s1.